The number of hydrogen-bond acceptors (Lipinski definition) is 5. The Morgan fingerprint density at radius 2 is 1.79 bits per heavy atom. The van der Waals surface area contributed by atoms with Crippen molar-refractivity contribution in [3.63, 3.8) is 0 Å². The second-order valence-corrected chi connectivity index (χ2v) is 9.77. The molecule has 1 aliphatic rings. The molecule has 0 saturated heterocycles. The van der Waals surface area contributed by atoms with Gasteiger partial charge in [-0.15, -0.1) is 16.8 Å². The smallest absolute Gasteiger partial charge is 0.444 e. The summed E-state index contributed by atoms with van der Waals surface area (Å²) in [7, 11) is 0. The van der Waals surface area contributed by atoms with Crippen molar-refractivity contribution in [2.24, 2.45) is 0 Å². The van der Waals surface area contributed by atoms with Gasteiger partial charge >= 0.3 is 12.3 Å². The highest BCUT2D eigenvalue weighted by Gasteiger charge is 2.42. The Kier molecular flexibility index (Phi) is 8.42. The van der Waals surface area contributed by atoms with Gasteiger partial charge in [0, 0.05) is 31.6 Å². The number of alkyl carbamates (subject to hydrolysis) is 1. The average Bonchev–Trinajstić information content (AvgIpc) is 3.21. The van der Waals surface area contributed by atoms with Crippen LogP contribution in [-0.2, 0) is 28.7 Å². The fourth-order valence-electron chi connectivity index (χ4n) is 4.15. The maximum atomic E-state index is 14.4. The number of nitrogens with one attached hydrogen (secondary N) is 1. The first-order valence-corrected chi connectivity index (χ1v) is 11.6. The van der Waals surface area contributed by atoms with E-state index in [1.54, 1.807) is 20.8 Å². The van der Waals surface area contributed by atoms with E-state index in [4.69, 9.17) is 4.74 Å². The van der Waals surface area contributed by atoms with Gasteiger partial charge in [0.05, 0.1) is 6.04 Å². The molecular weight excluding hydrogens is 520 g/mol. The Morgan fingerprint density at radius 1 is 1.13 bits per heavy atom. The summed E-state index contributed by atoms with van der Waals surface area (Å²) in [6.07, 6.45) is -5.06. The molecule has 0 bridgehead atoms. The number of carbonyl (C=O) groups excluding carboxylic acids is 2. The third-order valence-corrected chi connectivity index (χ3v) is 5.68. The maximum Gasteiger partial charge on any atom is 0.451 e. The molecule has 2 amide bonds. The molecule has 1 aromatic carbocycles. The van der Waals surface area contributed by atoms with Crippen LogP contribution >= 0.6 is 0 Å². The first-order chi connectivity index (χ1) is 17.6. The van der Waals surface area contributed by atoms with Crippen LogP contribution < -0.4 is 5.32 Å². The minimum atomic E-state index is -4.74. The van der Waals surface area contributed by atoms with Crippen molar-refractivity contribution in [2.75, 3.05) is 6.54 Å². The largest absolute Gasteiger partial charge is 0.451 e. The zero-order valence-electron chi connectivity index (χ0n) is 20.9. The van der Waals surface area contributed by atoms with Crippen LogP contribution in [0.1, 0.15) is 56.9 Å². The van der Waals surface area contributed by atoms with Crippen molar-refractivity contribution in [2.45, 2.75) is 70.4 Å². The number of ether oxygens (including phenoxy) is 1. The van der Waals surface area contributed by atoms with Gasteiger partial charge in [-0.05, 0) is 45.2 Å². The number of benzene rings is 1. The van der Waals surface area contributed by atoms with Crippen molar-refractivity contribution in [1.29, 1.82) is 0 Å². The minimum Gasteiger partial charge on any atom is -0.444 e. The Balaban J connectivity index is 1.87. The van der Waals surface area contributed by atoms with E-state index in [1.807, 2.05) is 0 Å². The number of halogens is 6. The Labute approximate surface area is 214 Å². The molecule has 1 aromatic heterocycles. The highest BCUT2D eigenvalue weighted by Crippen LogP contribution is 2.34. The van der Waals surface area contributed by atoms with Crippen LogP contribution in [0.2, 0.25) is 0 Å². The number of aromatic nitrogens is 3. The van der Waals surface area contributed by atoms with Gasteiger partial charge < -0.3 is 19.5 Å². The number of rotatable bonds is 7. The minimum absolute atomic E-state index is 0.0592. The molecule has 14 heteroatoms. The van der Waals surface area contributed by atoms with Gasteiger partial charge in [0.2, 0.25) is 11.7 Å². The van der Waals surface area contributed by atoms with Crippen LogP contribution in [0.15, 0.2) is 24.8 Å². The van der Waals surface area contributed by atoms with Crippen LogP contribution in [0.25, 0.3) is 0 Å². The topological polar surface area (TPSA) is 89.4 Å². The second-order valence-electron chi connectivity index (χ2n) is 9.77. The summed E-state index contributed by atoms with van der Waals surface area (Å²) in [6, 6.07) is -1.08. The fourth-order valence-corrected chi connectivity index (χ4v) is 4.15. The lowest BCUT2D eigenvalue weighted by Gasteiger charge is -2.36. The summed E-state index contributed by atoms with van der Waals surface area (Å²) in [4.78, 5) is 27.1. The average molecular weight is 548 g/mol. The van der Waals surface area contributed by atoms with E-state index in [1.165, 1.54) is 11.0 Å². The molecular formula is C24H27F6N5O3. The highest BCUT2D eigenvalue weighted by molar-refractivity contribution is 5.78. The van der Waals surface area contributed by atoms with Gasteiger partial charge in [0.15, 0.2) is 17.5 Å². The predicted molar refractivity (Wildman–Crippen MR) is 122 cm³/mol. The fraction of sp³-hybridized carbons (Fsp3) is 0.500. The van der Waals surface area contributed by atoms with Gasteiger partial charge in [0.25, 0.3) is 0 Å². The molecule has 0 fully saturated rings. The monoisotopic (exact) mass is 547 g/mol. The summed E-state index contributed by atoms with van der Waals surface area (Å²) in [5.41, 5.74) is -1.21. The van der Waals surface area contributed by atoms with Crippen LogP contribution in [-0.4, -0.2) is 49.9 Å². The van der Waals surface area contributed by atoms with Crippen LogP contribution in [0.4, 0.5) is 31.1 Å². The second kappa shape index (κ2) is 11.0. The third-order valence-electron chi connectivity index (χ3n) is 5.68. The van der Waals surface area contributed by atoms with E-state index in [2.05, 4.69) is 22.1 Å². The van der Waals surface area contributed by atoms with Crippen molar-refractivity contribution >= 4 is 12.0 Å². The van der Waals surface area contributed by atoms with E-state index in [0.29, 0.717) is 12.1 Å². The molecule has 1 aliphatic heterocycles. The van der Waals surface area contributed by atoms with Gasteiger partial charge in [-0.1, -0.05) is 6.08 Å². The van der Waals surface area contributed by atoms with Gasteiger partial charge in [-0.2, -0.15) is 13.2 Å². The van der Waals surface area contributed by atoms with Gasteiger partial charge in [0.1, 0.15) is 11.4 Å². The molecule has 38 heavy (non-hydrogen) atoms. The van der Waals surface area contributed by atoms with E-state index >= 15 is 0 Å². The molecule has 2 aromatic rings. The first-order valence-electron chi connectivity index (χ1n) is 11.6. The molecule has 0 saturated carbocycles. The third kappa shape index (κ3) is 6.84. The molecule has 208 valence electrons. The zero-order valence-corrected chi connectivity index (χ0v) is 20.9. The Hall–Kier alpha value is -3.58. The predicted octanol–water partition coefficient (Wildman–Crippen LogP) is 4.70. The van der Waals surface area contributed by atoms with Crippen molar-refractivity contribution in [3.8, 4) is 0 Å². The van der Waals surface area contributed by atoms with Gasteiger partial charge in [-0.25, -0.2) is 18.0 Å². The van der Waals surface area contributed by atoms with Crippen LogP contribution in [0, 0.1) is 17.5 Å². The summed E-state index contributed by atoms with van der Waals surface area (Å²) in [5.74, 6) is -5.68. The van der Waals surface area contributed by atoms with E-state index in [0.717, 1.165) is 4.57 Å². The van der Waals surface area contributed by atoms with E-state index in [9.17, 15) is 35.9 Å². The Bertz CT molecular complexity index is 1210. The van der Waals surface area contributed by atoms with E-state index < -0.39 is 72.0 Å². The highest BCUT2D eigenvalue weighted by atomic mass is 19.4. The maximum absolute atomic E-state index is 14.4. The molecule has 0 radical (unpaired) electrons. The number of amides is 2. The van der Waals surface area contributed by atoms with Crippen molar-refractivity contribution in [3.05, 3.63) is 59.5 Å². The number of hydrogen-bond donors (Lipinski definition) is 1. The molecule has 2 atom stereocenters. The summed E-state index contributed by atoms with van der Waals surface area (Å²) in [5, 5.41) is 9.35. The molecule has 0 spiro atoms. The SMILES string of the molecule is C=CC[C@@H]1c2nnc(C(F)(F)F)n2CCN1C(=O)C[C@@H](Cc1cc(F)c(F)cc1F)NC(=O)OC(C)(C)C. The summed E-state index contributed by atoms with van der Waals surface area (Å²) < 4.78 is 87.6. The molecule has 2 heterocycles. The quantitative estimate of drug-likeness (QED) is 0.309. The lowest BCUT2D eigenvalue weighted by molar-refractivity contribution is -0.148. The number of nitrogens with zero attached hydrogens (tertiary/aromatic N) is 4. The zero-order chi connectivity index (χ0) is 28.4. The lowest BCUT2D eigenvalue weighted by Crippen LogP contribution is -2.47. The summed E-state index contributed by atoms with van der Waals surface area (Å²) in [6.45, 7) is 8.01. The van der Waals surface area contributed by atoms with Gasteiger partial charge in [-0.3, -0.25) is 4.79 Å². The lowest BCUT2D eigenvalue weighted by atomic mass is 10.0. The summed E-state index contributed by atoms with van der Waals surface area (Å²) >= 11 is 0. The van der Waals surface area contributed by atoms with Crippen molar-refractivity contribution < 1.29 is 40.7 Å². The number of alkyl halides is 3. The molecule has 0 unspecified atom stereocenters. The van der Waals surface area contributed by atoms with Crippen LogP contribution in [0.3, 0.4) is 0 Å². The van der Waals surface area contributed by atoms with Crippen LogP contribution in [0.5, 0.6) is 0 Å². The number of fused-ring (bicyclic) bond motifs is 1. The van der Waals surface area contributed by atoms with Crippen molar-refractivity contribution in [1.82, 2.24) is 25.0 Å². The molecule has 8 nitrogen and oxygen atoms in total. The standard InChI is InChI=1S/C24H27F6N5O3/c1-5-6-18-20-32-33-21(24(28,29)30)35(20)8-7-34(18)19(36)11-14(31-22(37)38-23(2,3)4)9-13-10-16(26)17(27)12-15(13)25/h5,10,12,14,18H,1,6-9,11H2,2-4H3,(H,31,37)/t14-,18-/m1/s1. The first kappa shape index (κ1) is 29.0. The van der Waals surface area contributed by atoms with E-state index in [-0.39, 0.29) is 30.9 Å². The molecule has 1 N–H and O–H groups in total. The number of carbonyl (C=O) groups is 2. The Morgan fingerprint density at radius 3 is 2.39 bits per heavy atom. The normalized spacial score (nSPS) is 16.6. The molecule has 0 aliphatic carbocycles. The molecule has 3 rings (SSSR count).